The highest BCUT2D eigenvalue weighted by atomic mass is 16.4. The summed E-state index contributed by atoms with van der Waals surface area (Å²) in [6.45, 7) is 0.0483. The summed E-state index contributed by atoms with van der Waals surface area (Å²) in [6.07, 6.45) is -1.36. The summed E-state index contributed by atoms with van der Waals surface area (Å²) in [4.78, 5) is 79.7. The van der Waals surface area contributed by atoms with Crippen LogP contribution in [-0.2, 0) is 28.8 Å². The summed E-state index contributed by atoms with van der Waals surface area (Å²) in [5.74, 6) is -3.39. The molecule has 324 valence electrons. The van der Waals surface area contributed by atoms with Crippen LogP contribution in [0.1, 0.15) is 57.8 Å². The van der Waals surface area contributed by atoms with E-state index in [2.05, 4.69) is 21.3 Å². The zero-order chi connectivity index (χ0) is 41.9. The molecule has 1 fully saturated rings. The van der Waals surface area contributed by atoms with Crippen molar-refractivity contribution >= 4 is 35.9 Å². The van der Waals surface area contributed by atoms with E-state index in [0.29, 0.717) is 13.1 Å². The number of aliphatic carboxylic acids is 2. The monoisotopic (exact) mass is 807 g/mol. The van der Waals surface area contributed by atoms with Gasteiger partial charge in [0.15, 0.2) is 0 Å². The van der Waals surface area contributed by atoms with Gasteiger partial charge in [-0.15, -0.1) is 0 Å². The molecule has 21 heteroatoms. The number of carbonyl (C=O) groups is 6. The van der Waals surface area contributed by atoms with Crippen LogP contribution in [0, 0.1) is 0 Å². The predicted octanol–water partition coefficient (Wildman–Crippen LogP) is -5.11. The molecule has 12 N–H and O–H groups in total. The first-order chi connectivity index (χ1) is 26.8. The van der Waals surface area contributed by atoms with Gasteiger partial charge in [0, 0.05) is 91.3 Å². The van der Waals surface area contributed by atoms with Gasteiger partial charge in [-0.2, -0.15) is 0 Å². The third kappa shape index (κ3) is 21.8. The van der Waals surface area contributed by atoms with E-state index >= 15 is 0 Å². The van der Waals surface area contributed by atoms with Crippen LogP contribution < -0.4 is 21.3 Å². The summed E-state index contributed by atoms with van der Waals surface area (Å²) >= 11 is 0. The summed E-state index contributed by atoms with van der Waals surface area (Å²) < 4.78 is 0. The van der Waals surface area contributed by atoms with Crippen LogP contribution in [0.2, 0.25) is 0 Å². The Balaban J connectivity index is 3.15. The number of carboxylic acids is 2. The van der Waals surface area contributed by atoms with Crippen molar-refractivity contribution in [3.05, 3.63) is 0 Å². The van der Waals surface area contributed by atoms with Crippen LogP contribution in [0.5, 0.6) is 0 Å². The zero-order valence-electron chi connectivity index (χ0n) is 32.2. The lowest BCUT2D eigenvalue weighted by molar-refractivity contribution is -0.144. The molecule has 1 saturated heterocycles. The van der Waals surface area contributed by atoms with Crippen molar-refractivity contribution in [1.29, 1.82) is 0 Å². The molecule has 0 aromatic heterocycles. The Hall–Kier alpha value is -3.38. The lowest BCUT2D eigenvalue weighted by Crippen LogP contribution is -2.53. The first-order valence-electron chi connectivity index (χ1n) is 19.3. The van der Waals surface area contributed by atoms with Gasteiger partial charge in [-0.1, -0.05) is 0 Å². The second-order valence-electron chi connectivity index (χ2n) is 13.9. The normalized spacial score (nSPS) is 18.5. The minimum absolute atomic E-state index is 0.00200. The molecule has 1 heterocycles. The fourth-order valence-corrected chi connectivity index (χ4v) is 6.17. The van der Waals surface area contributed by atoms with E-state index in [-0.39, 0.29) is 123 Å². The van der Waals surface area contributed by atoms with Crippen LogP contribution >= 0.6 is 0 Å². The van der Waals surface area contributed by atoms with Crippen LogP contribution in [0.15, 0.2) is 0 Å². The highest BCUT2D eigenvalue weighted by molar-refractivity contribution is 5.77. The van der Waals surface area contributed by atoms with Crippen molar-refractivity contribution in [2.24, 2.45) is 0 Å². The molecular weight excluding hydrogens is 742 g/mol. The number of rotatable bonds is 27. The molecule has 6 atom stereocenters. The third-order valence-electron chi connectivity index (χ3n) is 9.48. The number of aldehydes is 1. The van der Waals surface area contributed by atoms with Gasteiger partial charge in [-0.25, -0.2) is 0 Å². The lowest BCUT2D eigenvalue weighted by atomic mass is 10.1. The largest absolute Gasteiger partial charge is 0.480 e. The average Bonchev–Trinajstić information content (AvgIpc) is 3.17. The standard InChI is InChI=1S/C35H65N7O14/c43-21-25(4-1-7-31(50)37-18-26(47)22-44)40-14-16-41(29(34(53)54)5-2-8-32(51)38-19-27(48)23-45)12-10-36-11-13-42(17-15-40)30(35(55)56)6-3-9-33(52)39-20-28(49)24-46/h21,25-30,36,44-49H,1-20,22-24H2,(H,37,50)(H,38,51)(H,39,52)(H,53,54)(H,55,56). The highest BCUT2D eigenvalue weighted by Gasteiger charge is 2.30. The molecule has 56 heavy (non-hydrogen) atoms. The maximum absolute atomic E-state index is 12.5. The molecule has 1 aliphatic heterocycles. The molecule has 3 amide bonds. The Labute approximate surface area is 327 Å². The molecule has 0 aromatic carbocycles. The number of amides is 3. The topological polar surface area (TPSA) is 322 Å². The van der Waals surface area contributed by atoms with Crippen LogP contribution in [0.3, 0.4) is 0 Å². The van der Waals surface area contributed by atoms with E-state index in [1.54, 1.807) is 9.80 Å². The Morgan fingerprint density at radius 3 is 1.21 bits per heavy atom. The van der Waals surface area contributed by atoms with Gasteiger partial charge in [0.1, 0.15) is 18.4 Å². The smallest absolute Gasteiger partial charge is 0.320 e. The first kappa shape index (κ1) is 50.6. The molecule has 1 rings (SSSR count). The second-order valence-corrected chi connectivity index (χ2v) is 13.9. The molecular formula is C35H65N7O14. The summed E-state index contributed by atoms with van der Waals surface area (Å²) in [6, 6.07) is -2.69. The zero-order valence-corrected chi connectivity index (χ0v) is 32.2. The second kappa shape index (κ2) is 29.8. The minimum Gasteiger partial charge on any atom is -0.480 e. The summed E-state index contributed by atoms with van der Waals surface area (Å²) in [5, 5.41) is 86.6. The van der Waals surface area contributed by atoms with Crippen molar-refractivity contribution in [1.82, 2.24) is 36.0 Å². The van der Waals surface area contributed by atoms with Gasteiger partial charge < -0.3 is 66.9 Å². The van der Waals surface area contributed by atoms with Gasteiger partial charge >= 0.3 is 11.9 Å². The quantitative estimate of drug-likeness (QED) is 0.0346. The molecule has 0 aromatic rings. The lowest BCUT2D eigenvalue weighted by Gasteiger charge is -2.37. The van der Waals surface area contributed by atoms with E-state index < -0.39 is 80.0 Å². The highest BCUT2D eigenvalue weighted by Crippen LogP contribution is 2.15. The van der Waals surface area contributed by atoms with Crippen molar-refractivity contribution < 1.29 is 69.6 Å². The Bertz CT molecular complexity index is 1110. The number of carboxylic acid groups (broad SMARTS) is 2. The molecule has 1 aliphatic rings. The first-order valence-corrected chi connectivity index (χ1v) is 19.3. The van der Waals surface area contributed by atoms with Gasteiger partial charge in [0.2, 0.25) is 17.7 Å². The van der Waals surface area contributed by atoms with Gasteiger partial charge in [-0.3, -0.25) is 38.7 Å². The molecule has 0 spiro atoms. The number of nitrogens with zero attached hydrogens (tertiary/aromatic N) is 3. The van der Waals surface area contributed by atoms with Crippen LogP contribution in [0.4, 0.5) is 0 Å². The van der Waals surface area contributed by atoms with Crippen molar-refractivity contribution in [3.8, 4) is 0 Å². The Kier molecular flexibility index (Phi) is 26.9. The summed E-state index contributed by atoms with van der Waals surface area (Å²) in [7, 11) is 0. The molecule has 0 radical (unpaired) electrons. The predicted molar refractivity (Wildman–Crippen MR) is 200 cm³/mol. The van der Waals surface area contributed by atoms with Gasteiger partial charge in [-0.05, 0) is 38.5 Å². The fourth-order valence-electron chi connectivity index (χ4n) is 6.17. The summed E-state index contributed by atoms with van der Waals surface area (Å²) in [5.41, 5.74) is 0. The van der Waals surface area contributed by atoms with E-state index in [9.17, 15) is 54.3 Å². The SMILES string of the molecule is O=CC(CCCC(=O)NCC(O)CO)N1CCN(C(CCCC(=O)NCC(O)CO)C(=O)O)CCNCCN(C(CCCC(=O)NCC(O)CO)C(=O)O)CC1. The van der Waals surface area contributed by atoms with E-state index in [0.717, 1.165) is 6.29 Å². The Morgan fingerprint density at radius 2 is 0.893 bits per heavy atom. The number of carbonyl (C=O) groups excluding carboxylic acids is 4. The Morgan fingerprint density at radius 1 is 0.554 bits per heavy atom. The number of hydrogen-bond acceptors (Lipinski definition) is 16. The number of hydrogen-bond donors (Lipinski definition) is 12. The maximum Gasteiger partial charge on any atom is 0.320 e. The van der Waals surface area contributed by atoms with E-state index in [4.69, 9.17) is 15.3 Å². The molecule has 6 unspecified atom stereocenters. The van der Waals surface area contributed by atoms with E-state index in [1.165, 1.54) is 0 Å². The maximum atomic E-state index is 12.5. The van der Waals surface area contributed by atoms with Crippen molar-refractivity contribution in [2.75, 3.05) is 91.8 Å². The van der Waals surface area contributed by atoms with E-state index in [1.807, 2.05) is 4.90 Å². The van der Waals surface area contributed by atoms with Crippen LogP contribution in [0.25, 0.3) is 0 Å². The fraction of sp³-hybridized carbons (Fsp3) is 0.829. The van der Waals surface area contributed by atoms with Gasteiger partial charge in [0.05, 0.1) is 44.2 Å². The number of nitrogens with one attached hydrogen (secondary N) is 4. The van der Waals surface area contributed by atoms with Crippen LogP contribution in [-0.4, -0.2) is 220 Å². The van der Waals surface area contributed by atoms with Gasteiger partial charge in [0.25, 0.3) is 0 Å². The molecule has 0 saturated carbocycles. The number of aliphatic hydroxyl groups excluding tert-OH is 6. The minimum atomic E-state index is -1.11. The van der Waals surface area contributed by atoms with Crippen molar-refractivity contribution in [3.63, 3.8) is 0 Å². The molecule has 21 nitrogen and oxygen atoms in total. The molecule has 0 bridgehead atoms. The average molecular weight is 808 g/mol. The number of aliphatic hydroxyl groups is 6. The third-order valence-corrected chi connectivity index (χ3v) is 9.48. The molecule has 0 aliphatic carbocycles. The van der Waals surface area contributed by atoms with Crippen molar-refractivity contribution in [2.45, 2.75) is 94.2 Å².